The number of rotatable bonds is 5. The summed E-state index contributed by atoms with van der Waals surface area (Å²) in [5.74, 6) is 0.464. The van der Waals surface area contributed by atoms with Gasteiger partial charge in [0.25, 0.3) is 0 Å². The molecular weight excluding hydrogens is 358 g/mol. The molecular formula is C18H16ClN3O4. The molecule has 3 aromatic rings. The van der Waals surface area contributed by atoms with Gasteiger partial charge in [-0.05, 0) is 42.3 Å². The van der Waals surface area contributed by atoms with Crippen LogP contribution in [0.5, 0.6) is 11.5 Å². The van der Waals surface area contributed by atoms with E-state index in [0.717, 1.165) is 5.56 Å². The van der Waals surface area contributed by atoms with E-state index in [0.29, 0.717) is 33.9 Å². The van der Waals surface area contributed by atoms with E-state index in [-0.39, 0.29) is 10.8 Å². The first kappa shape index (κ1) is 17.8. The molecule has 0 aliphatic heterocycles. The third kappa shape index (κ3) is 3.34. The highest BCUT2D eigenvalue weighted by Gasteiger charge is 2.14. The molecule has 8 heteroatoms. The van der Waals surface area contributed by atoms with Crippen molar-refractivity contribution in [1.29, 1.82) is 0 Å². The highest BCUT2D eigenvalue weighted by molar-refractivity contribution is 6.28. The van der Waals surface area contributed by atoms with Crippen molar-refractivity contribution >= 4 is 40.0 Å². The summed E-state index contributed by atoms with van der Waals surface area (Å²) in [4.78, 5) is 19.7. The minimum atomic E-state index is -1.01. The van der Waals surface area contributed by atoms with Crippen LogP contribution in [0, 0.1) is 6.92 Å². The molecule has 1 heterocycles. The molecule has 26 heavy (non-hydrogen) atoms. The Morgan fingerprint density at radius 2 is 1.81 bits per heavy atom. The van der Waals surface area contributed by atoms with Crippen LogP contribution in [0.15, 0.2) is 30.3 Å². The number of carboxylic acids is 1. The Morgan fingerprint density at radius 1 is 1.12 bits per heavy atom. The maximum atomic E-state index is 11.2. The number of nitrogens with zero attached hydrogens (tertiary/aromatic N) is 2. The molecule has 0 saturated heterocycles. The van der Waals surface area contributed by atoms with Crippen LogP contribution >= 0.6 is 11.6 Å². The van der Waals surface area contributed by atoms with Crippen molar-refractivity contribution in [2.45, 2.75) is 6.92 Å². The van der Waals surface area contributed by atoms with Crippen molar-refractivity contribution in [2.75, 3.05) is 19.5 Å². The van der Waals surface area contributed by atoms with E-state index < -0.39 is 5.97 Å². The molecule has 0 spiro atoms. The average molecular weight is 374 g/mol. The first-order chi connectivity index (χ1) is 12.4. The third-order valence-corrected chi connectivity index (χ3v) is 4.08. The van der Waals surface area contributed by atoms with Crippen molar-refractivity contribution in [3.63, 3.8) is 0 Å². The molecule has 3 rings (SSSR count). The smallest absolute Gasteiger partial charge is 0.335 e. The Kier molecular flexibility index (Phi) is 4.81. The van der Waals surface area contributed by atoms with Crippen molar-refractivity contribution in [3.8, 4) is 11.5 Å². The van der Waals surface area contributed by atoms with Gasteiger partial charge in [-0.25, -0.2) is 9.78 Å². The summed E-state index contributed by atoms with van der Waals surface area (Å²) in [5.41, 5.74) is 2.20. The van der Waals surface area contributed by atoms with Crippen LogP contribution < -0.4 is 14.8 Å². The average Bonchev–Trinajstić information content (AvgIpc) is 2.62. The summed E-state index contributed by atoms with van der Waals surface area (Å²) >= 11 is 6.05. The van der Waals surface area contributed by atoms with E-state index in [1.165, 1.54) is 14.2 Å². The molecule has 0 bridgehead atoms. The normalized spacial score (nSPS) is 10.6. The number of halogens is 1. The van der Waals surface area contributed by atoms with E-state index in [1.54, 1.807) is 30.3 Å². The Morgan fingerprint density at radius 3 is 2.46 bits per heavy atom. The number of carbonyl (C=O) groups is 1. The van der Waals surface area contributed by atoms with Gasteiger partial charge in [0.15, 0.2) is 11.5 Å². The van der Waals surface area contributed by atoms with Gasteiger partial charge in [-0.15, -0.1) is 0 Å². The van der Waals surface area contributed by atoms with Gasteiger partial charge in [0.2, 0.25) is 5.28 Å². The second-order valence-electron chi connectivity index (χ2n) is 5.53. The number of ether oxygens (including phenoxy) is 2. The van der Waals surface area contributed by atoms with Gasteiger partial charge in [0.1, 0.15) is 5.82 Å². The van der Waals surface area contributed by atoms with Gasteiger partial charge in [-0.3, -0.25) is 0 Å². The molecule has 0 aliphatic carbocycles. The molecule has 134 valence electrons. The van der Waals surface area contributed by atoms with E-state index in [9.17, 15) is 9.90 Å². The number of carboxylic acid groups (broad SMARTS) is 1. The monoisotopic (exact) mass is 373 g/mol. The van der Waals surface area contributed by atoms with Crippen LogP contribution in [0.1, 0.15) is 15.9 Å². The second kappa shape index (κ2) is 7.05. The standard InChI is InChI=1S/C18H16ClN3O4/c1-9-4-5-10(17(23)24)6-12(9)20-16-11-7-14(25-2)15(26-3)8-13(11)21-18(19)22-16/h4-8H,1-3H3,(H,23,24)(H,20,21,22). The zero-order valence-electron chi connectivity index (χ0n) is 14.3. The Balaban J connectivity index is 2.16. The van der Waals surface area contributed by atoms with Gasteiger partial charge >= 0.3 is 5.97 Å². The number of aromatic carboxylic acids is 1. The summed E-state index contributed by atoms with van der Waals surface area (Å²) in [7, 11) is 3.07. The Labute approximate surface area is 154 Å². The first-order valence-electron chi connectivity index (χ1n) is 7.63. The summed E-state index contributed by atoms with van der Waals surface area (Å²) in [6, 6.07) is 8.25. The van der Waals surface area contributed by atoms with Gasteiger partial charge in [-0.1, -0.05) is 6.07 Å². The van der Waals surface area contributed by atoms with Crippen molar-refractivity contribution in [1.82, 2.24) is 9.97 Å². The zero-order valence-corrected chi connectivity index (χ0v) is 15.1. The van der Waals surface area contributed by atoms with Crippen LogP contribution in [0.3, 0.4) is 0 Å². The highest BCUT2D eigenvalue weighted by Crippen LogP contribution is 2.35. The highest BCUT2D eigenvalue weighted by atomic mass is 35.5. The second-order valence-corrected chi connectivity index (χ2v) is 5.86. The predicted molar refractivity (Wildman–Crippen MR) is 99.1 cm³/mol. The summed E-state index contributed by atoms with van der Waals surface area (Å²) < 4.78 is 10.6. The molecule has 0 aliphatic rings. The molecule has 2 aromatic carbocycles. The zero-order chi connectivity index (χ0) is 18.8. The lowest BCUT2D eigenvalue weighted by Crippen LogP contribution is -2.02. The predicted octanol–water partition coefficient (Wildman–Crippen LogP) is 4.05. The number of hydrogen-bond donors (Lipinski definition) is 2. The van der Waals surface area contributed by atoms with E-state index in [1.807, 2.05) is 6.92 Å². The van der Waals surface area contributed by atoms with Crippen LogP contribution in [-0.4, -0.2) is 35.3 Å². The molecule has 0 amide bonds. The lowest BCUT2D eigenvalue weighted by Gasteiger charge is -2.14. The van der Waals surface area contributed by atoms with E-state index in [4.69, 9.17) is 21.1 Å². The number of hydrogen-bond acceptors (Lipinski definition) is 6. The fourth-order valence-electron chi connectivity index (χ4n) is 2.54. The maximum Gasteiger partial charge on any atom is 0.335 e. The van der Waals surface area contributed by atoms with Crippen LogP contribution in [0.25, 0.3) is 10.9 Å². The number of benzene rings is 2. The number of aromatic nitrogens is 2. The topological polar surface area (TPSA) is 93.6 Å². The summed E-state index contributed by atoms with van der Waals surface area (Å²) in [6.45, 7) is 1.86. The molecule has 0 fully saturated rings. The Bertz CT molecular complexity index is 1010. The number of aryl methyl sites for hydroxylation is 1. The van der Waals surface area contributed by atoms with Crippen molar-refractivity contribution in [2.24, 2.45) is 0 Å². The lowest BCUT2D eigenvalue weighted by atomic mass is 10.1. The first-order valence-corrected chi connectivity index (χ1v) is 8.01. The lowest BCUT2D eigenvalue weighted by molar-refractivity contribution is 0.0697. The Hall–Kier alpha value is -3.06. The number of fused-ring (bicyclic) bond motifs is 1. The number of anilines is 2. The number of methoxy groups -OCH3 is 2. The minimum absolute atomic E-state index is 0.0549. The van der Waals surface area contributed by atoms with E-state index >= 15 is 0 Å². The van der Waals surface area contributed by atoms with Gasteiger partial charge in [0.05, 0.1) is 25.3 Å². The molecule has 0 radical (unpaired) electrons. The third-order valence-electron chi connectivity index (χ3n) is 3.91. The summed E-state index contributed by atoms with van der Waals surface area (Å²) in [6.07, 6.45) is 0. The van der Waals surface area contributed by atoms with Crippen molar-refractivity contribution in [3.05, 3.63) is 46.7 Å². The SMILES string of the molecule is COc1cc2nc(Cl)nc(Nc3cc(C(=O)O)ccc3C)c2cc1OC. The quantitative estimate of drug-likeness (QED) is 0.651. The van der Waals surface area contributed by atoms with Crippen LogP contribution in [0.2, 0.25) is 5.28 Å². The minimum Gasteiger partial charge on any atom is -0.493 e. The van der Waals surface area contributed by atoms with E-state index in [2.05, 4.69) is 15.3 Å². The van der Waals surface area contributed by atoms with Crippen molar-refractivity contribution < 1.29 is 19.4 Å². The summed E-state index contributed by atoms with van der Waals surface area (Å²) in [5, 5.41) is 13.1. The van der Waals surface area contributed by atoms with Crippen LogP contribution in [0.4, 0.5) is 11.5 Å². The van der Waals surface area contributed by atoms with Gasteiger partial charge in [0, 0.05) is 17.1 Å². The largest absolute Gasteiger partial charge is 0.493 e. The maximum absolute atomic E-state index is 11.2. The van der Waals surface area contributed by atoms with Gasteiger partial charge < -0.3 is 19.9 Å². The number of nitrogens with one attached hydrogen (secondary N) is 1. The fourth-order valence-corrected chi connectivity index (χ4v) is 2.72. The molecule has 0 unspecified atom stereocenters. The fraction of sp³-hybridized carbons (Fsp3) is 0.167. The molecule has 0 saturated carbocycles. The molecule has 1 aromatic heterocycles. The molecule has 7 nitrogen and oxygen atoms in total. The van der Waals surface area contributed by atoms with Crippen LogP contribution in [-0.2, 0) is 0 Å². The molecule has 2 N–H and O–H groups in total. The molecule has 0 atom stereocenters. The van der Waals surface area contributed by atoms with Gasteiger partial charge in [-0.2, -0.15) is 4.98 Å².